The molecule has 0 radical (unpaired) electrons. The van der Waals surface area contributed by atoms with E-state index in [4.69, 9.17) is 0 Å². The lowest BCUT2D eigenvalue weighted by Gasteiger charge is -2.37. The molecule has 0 heterocycles. The molecule has 7 nitrogen and oxygen atoms in total. The van der Waals surface area contributed by atoms with E-state index in [9.17, 15) is 34.5 Å². The second-order valence-electron chi connectivity index (χ2n) is 13.7. The van der Waals surface area contributed by atoms with Gasteiger partial charge in [-0.05, 0) is 32.1 Å². The Morgan fingerprint density at radius 1 is 0.652 bits per heavy atom. The van der Waals surface area contributed by atoms with Gasteiger partial charge in [-0.2, -0.15) is 0 Å². The van der Waals surface area contributed by atoms with E-state index in [1.165, 1.54) is 77.0 Å². The van der Waals surface area contributed by atoms with Crippen LogP contribution in [0.15, 0.2) is 12.2 Å². The molecule has 1 rings (SSSR count). The van der Waals surface area contributed by atoms with E-state index in [0.29, 0.717) is 19.3 Å². The number of hydrogen-bond donors (Lipinski definition) is 3. The number of aliphatic hydroxyl groups is 3. The summed E-state index contributed by atoms with van der Waals surface area (Å²) in [6.45, 7) is 4.41. The summed E-state index contributed by atoms with van der Waals surface area (Å²) in [5.74, 6) is -4.46. The van der Waals surface area contributed by atoms with Gasteiger partial charge in [0.15, 0.2) is 17.3 Å². The summed E-state index contributed by atoms with van der Waals surface area (Å²) in [6, 6.07) is 0. The highest BCUT2D eigenvalue weighted by atomic mass is 16.4. The molecule has 1 aliphatic carbocycles. The summed E-state index contributed by atoms with van der Waals surface area (Å²) in [5, 5.41) is 33.3. The Morgan fingerprint density at radius 3 is 1.52 bits per heavy atom. The molecule has 0 aromatic heterocycles. The minimum atomic E-state index is -3.25. The van der Waals surface area contributed by atoms with Crippen molar-refractivity contribution in [3.8, 4) is 0 Å². The zero-order chi connectivity index (χ0) is 34.1. The van der Waals surface area contributed by atoms with Crippen LogP contribution < -0.4 is 0 Å². The summed E-state index contributed by atoms with van der Waals surface area (Å²) < 4.78 is 0. The van der Waals surface area contributed by atoms with E-state index in [-0.39, 0.29) is 25.7 Å². The van der Waals surface area contributed by atoms with Gasteiger partial charge in [-0.25, -0.2) is 0 Å². The molecule has 0 aromatic rings. The number of hydrogen-bond acceptors (Lipinski definition) is 7. The van der Waals surface area contributed by atoms with Crippen molar-refractivity contribution >= 4 is 23.1 Å². The van der Waals surface area contributed by atoms with Crippen LogP contribution >= 0.6 is 0 Å². The summed E-state index contributed by atoms with van der Waals surface area (Å²) in [6.07, 6.45) is 27.7. The minimum Gasteiger partial charge on any atom is -0.385 e. The fourth-order valence-corrected chi connectivity index (χ4v) is 6.56. The maximum atomic E-state index is 13.4. The van der Waals surface area contributed by atoms with Gasteiger partial charge in [0.1, 0.15) is 6.10 Å². The second-order valence-corrected chi connectivity index (χ2v) is 13.7. The van der Waals surface area contributed by atoms with E-state index in [0.717, 1.165) is 57.8 Å². The molecule has 0 spiro atoms. The molecule has 1 saturated carbocycles. The zero-order valence-electron chi connectivity index (χ0n) is 29.5. The van der Waals surface area contributed by atoms with Crippen LogP contribution in [0.1, 0.15) is 194 Å². The summed E-state index contributed by atoms with van der Waals surface area (Å²) in [5.41, 5.74) is -6.38. The molecule has 0 amide bonds. The van der Waals surface area contributed by atoms with Crippen molar-refractivity contribution in [3.05, 3.63) is 12.2 Å². The number of carbonyl (C=O) groups excluding carboxylic acids is 4. The Hall–Kier alpha value is -1.70. The molecule has 7 heteroatoms. The normalized spacial score (nSPS) is 16.7. The van der Waals surface area contributed by atoms with Crippen molar-refractivity contribution in [2.24, 2.45) is 0 Å². The van der Waals surface area contributed by atoms with E-state index in [1.807, 2.05) is 0 Å². The lowest BCUT2D eigenvalue weighted by molar-refractivity contribution is -0.190. The first-order chi connectivity index (χ1) is 22.2. The van der Waals surface area contributed by atoms with Gasteiger partial charge in [-0.15, -0.1) is 0 Å². The highest BCUT2D eigenvalue weighted by Gasteiger charge is 2.69. The topological polar surface area (TPSA) is 129 Å². The van der Waals surface area contributed by atoms with E-state index in [2.05, 4.69) is 26.0 Å². The lowest BCUT2D eigenvalue weighted by atomic mass is 9.71. The molecular formula is C39H68O7. The Balaban J connectivity index is 2.45. The average Bonchev–Trinajstić information content (AvgIpc) is 3.32. The largest absolute Gasteiger partial charge is 0.385 e. The van der Waals surface area contributed by atoms with Gasteiger partial charge in [0.25, 0.3) is 0 Å². The van der Waals surface area contributed by atoms with Crippen molar-refractivity contribution in [1.82, 2.24) is 0 Å². The number of aliphatic hydroxyl groups excluding tert-OH is 1. The van der Waals surface area contributed by atoms with Crippen LogP contribution in [0.25, 0.3) is 0 Å². The monoisotopic (exact) mass is 648 g/mol. The molecule has 0 aliphatic heterocycles. The zero-order valence-corrected chi connectivity index (χ0v) is 29.5. The fourth-order valence-electron chi connectivity index (χ4n) is 6.56. The number of Topliss-reactive ketones (excluding diaryl/α,β-unsaturated/α-hetero) is 4. The molecule has 0 aromatic carbocycles. The van der Waals surface area contributed by atoms with Crippen molar-refractivity contribution in [1.29, 1.82) is 0 Å². The number of allylic oxidation sites excluding steroid dienone is 2. The quantitative estimate of drug-likeness (QED) is 0.0390. The van der Waals surface area contributed by atoms with Crippen LogP contribution in [0.4, 0.5) is 0 Å². The first kappa shape index (κ1) is 42.3. The average molecular weight is 649 g/mol. The molecule has 3 N–H and O–H groups in total. The Kier molecular flexibility index (Phi) is 23.3. The molecule has 2 unspecified atom stereocenters. The van der Waals surface area contributed by atoms with Gasteiger partial charge in [0, 0.05) is 19.3 Å². The number of carbonyl (C=O) groups is 4. The summed E-state index contributed by atoms with van der Waals surface area (Å²) in [7, 11) is 0. The molecule has 1 fully saturated rings. The minimum absolute atomic E-state index is 0.00195. The highest BCUT2D eigenvalue weighted by Crippen LogP contribution is 2.37. The molecule has 46 heavy (non-hydrogen) atoms. The SMILES string of the molecule is CCCCC=CCCCCCCCC(=O)C(O)(C(=O)C(O)CCCCCCCCCCCCCCCCC)C1(O)C(=O)CCC1=O. The van der Waals surface area contributed by atoms with Crippen molar-refractivity contribution in [2.45, 2.75) is 211 Å². The van der Waals surface area contributed by atoms with E-state index < -0.39 is 40.4 Å². The van der Waals surface area contributed by atoms with Crippen LogP contribution in [-0.4, -0.2) is 55.8 Å². The number of ketones is 4. The van der Waals surface area contributed by atoms with Crippen molar-refractivity contribution in [2.75, 3.05) is 0 Å². The van der Waals surface area contributed by atoms with Crippen molar-refractivity contribution in [3.63, 3.8) is 0 Å². The van der Waals surface area contributed by atoms with Gasteiger partial charge in [0.05, 0.1) is 0 Å². The Labute approximate surface area is 280 Å². The molecule has 2 atom stereocenters. The highest BCUT2D eigenvalue weighted by molar-refractivity contribution is 6.28. The van der Waals surface area contributed by atoms with Crippen LogP contribution in [0.5, 0.6) is 0 Å². The van der Waals surface area contributed by atoms with Gasteiger partial charge in [-0.3, -0.25) is 19.2 Å². The third-order valence-electron chi connectivity index (χ3n) is 9.72. The van der Waals surface area contributed by atoms with Gasteiger partial charge < -0.3 is 15.3 Å². The standard InChI is InChI=1S/C39H68O7/c1-3-5-7-9-11-13-15-16-17-18-20-21-23-25-27-29-33(40)37(44)39(46,38(45)35(42)31-32-36(38)43)34(41)30-28-26-24-22-19-14-12-10-8-6-4-2/h10,12,33,40,45-46H,3-9,11,13-32H2,1-2H3. The Morgan fingerprint density at radius 2 is 1.04 bits per heavy atom. The van der Waals surface area contributed by atoms with Gasteiger partial charge in [0.2, 0.25) is 17.0 Å². The molecule has 0 saturated heterocycles. The molecular weight excluding hydrogens is 580 g/mol. The molecule has 1 aliphatic rings. The van der Waals surface area contributed by atoms with Crippen LogP contribution in [0, 0.1) is 0 Å². The molecule has 0 bridgehead atoms. The van der Waals surface area contributed by atoms with Gasteiger partial charge >= 0.3 is 0 Å². The Bertz CT molecular complexity index is 879. The fraction of sp³-hybridized carbons (Fsp3) is 0.846. The first-order valence-corrected chi connectivity index (χ1v) is 19.1. The third-order valence-corrected chi connectivity index (χ3v) is 9.72. The number of unbranched alkanes of at least 4 members (excludes halogenated alkanes) is 21. The lowest BCUT2D eigenvalue weighted by Crippen LogP contribution is -2.71. The maximum Gasteiger partial charge on any atom is 0.227 e. The van der Waals surface area contributed by atoms with Crippen LogP contribution in [0.2, 0.25) is 0 Å². The van der Waals surface area contributed by atoms with E-state index in [1.54, 1.807) is 0 Å². The van der Waals surface area contributed by atoms with E-state index >= 15 is 0 Å². The predicted octanol–water partition coefficient (Wildman–Crippen LogP) is 8.62. The summed E-state index contributed by atoms with van der Waals surface area (Å²) >= 11 is 0. The first-order valence-electron chi connectivity index (χ1n) is 19.1. The maximum absolute atomic E-state index is 13.4. The predicted molar refractivity (Wildman–Crippen MR) is 186 cm³/mol. The van der Waals surface area contributed by atoms with Crippen molar-refractivity contribution < 1.29 is 34.5 Å². The third kappa shape index (κ3) is 14.6. The molecule has 266 valence electrons. The second kappa shape index (κ2) is 25.3. The number of rotatable bonds is 31. The smallest absolute Gasteiger partial charge is 0.227 e. The van der Waals surface area contributed by atoms with Gasteiger partial charge in [-0.1, -0.05) is 154 Å². The summed E-state index contributed by atoms with van der Waals surface area (Å²) in [4.78, 5) is 51.9. The van der Waals surface area contributed by atoms with Crippen LogP contribution in [0.3, 0.4) is 0 Å². The van der Waals surface area contributed by atoms with Crippen LogP contribution in [-0.2, 0) is 19.2 Å².